The van der Waals surface area contributed by atoms with Crippen molar-refractivity contribution in [3.63, 3.8) is 0 Å². The molecular formula is C24H29ClN4O5. The van der Waals surface area contributed by atoms with Crippen molar-refractivity contribution in [2.45, 2.75) is 27.7 Å². The van der Waals surface area contributed by atoms with Gasteiger partial charge in [0.1, 0.15) is 0 Å². The summed E-state index contributed by atoms with van der Waals surface area (Å²) in [6.07, 6.45) is 0. The third-order valence-corrected chi connectivity index (χ3v) is 5.78. The Labute approximate surface area is 203 Å². The standard InChI is InChI=1S/C24H29ClN4O5/c1-5-34-21-9-6-16(14-20(21)29(32)33)22(30)26-17-7-8-19(18(25)15-17)27-10-12-28(13-11-27)23(31)24(2,3)4/h6-9,14-15H,5,10-13H2,1-4H3,(H,26,30). The lowest BCUT2D eigenvalue weighted by Crippen LogP contribution is -2.51. The summed E-state index contributed by atoms with van der Waals surface area (Å²) in [5, 5.41) is 14.5. The number of piperazine rings is 1. The minimum atomic E-state index is -0.581. The van der Waals surface area contributed by atoms with Crippen molar-refractivity contribution in [1.82, 2.24) is 4.90 Å². The summed E-state index contributed by atoms with van der Waals surface area (Å²) >= 11 is 6.51. The Morgan fingerprint density at radius 3 is 2.35 bits per heavy atom. The normalized spacial score (nSPS) is 14.0. The molecule has 0 spiro atoms. The molecule has 0 bridgehead atoms. The van der Waals surface area contributed by atoms with Crippen molar-refractivity contribution in [2.75, 3.05) is 43.0 Å². The molecular weight excluding hydrogens is 460 g/mol. The number of nitrogens with one attached hydrogen (secondary N) is 1. The Bertz CT molecular complexity index is 1090. The average molecular weight is 489 g/mol. The van der Waals surface area contributed by atoms with Crippen molar-refractivity contribution in [1.29, 1.82) is 0 Å². The highest BCUT2D eigenvalue weighted by Gasteiger charge is 2.30. The first-order chi connectivity index (χ1) is 16.0. The van der Waals surface area contributed by atoms with Gasteiger partial charge in [-0.25, -0.2) is 0 Å². The summed E-state index contributed by atoms with van der Waals surface area (Å²) in [7, 11) is 0. The van der Waals surface area contributed by atoms with Crippen LogP contribution in [-0.2, 0) is 4.79 Å². The number of nitrogens with zero attached hydrogens (tertiary/aromatic N) is 3. The van der Waals surface area contributed by atoms with Gasteiger partial charge < -0.3 is 19.9 Å². The van der Waals surface area contributed by atoms with Crippen molar-refractivity contribution >= 4 is 40.5 Å². The SMILES string of the molecule is CCOc1ccc(C(=O)Nc2ccc(N3CCN(C(=O)C(C)(C)C)CC3)c(Cl)c2)cc1[N+](=O)[O-]. The fourth-order valence-electron chi connectivity index (χ4n) is 3.75. The molecule has 10 heteroatoms. The summed E-state index contributed by atoms with van der Waals surface area (Å²) in [5.41, 5.74) is 0.738. The summed E-state index contributed by atoms with van der Waals surface area (Å²) in [6, 6.07) is 9.27. The molecule has 0 aromatic heterocycles. The van der Waals surface area contributed by atoms with Crippen molar-refractivity contribution in [3.8, 4) is 5.75 Å². The van der Waals surface area contributed by atoms with E-state index in [0.29, 0.717) is 36.9 Å². The van der Waals surface area contributed by atoms with Gasteiger partial charge in [0.05, 0.1) is 22.2 Å². The highest BCUT2D eigenvalue weighted by atomic mass is 35.5. The molecule has 9 nitrogen and oxygen atoms in total. The monoisotopic (exact) mass is 488 g/mol. The van der Waals surface area contributed by atoms with Gasteiger partial charge in [-0.2, -0.15) is 0 Å². The molecule has 1 fully saturated rings. The third kappa shape index (κ3) is 5.77. The molecule has 1 saturated heterocycles. The minimum absolute atomic E-state index is 0.112. The van der Waals surface area contributed by atoms with E-state index in [4.69, 9.17) is 16.3 Å². The Balaban J connectivity index is 1.68. The number of nitro groups is 1. The zero-order valence-corrected chi connectivity index (χ0v) is 20.5. The van der Waals surface area contributed by atoms with E-state index in [-0.39, 0.29) is 29.5 Å². The lowest BCUT2D eigenvalue weighted by molar-refractivity contribution is -0.385. The lowest BCUT2D eigenvalue weighted by Gasteiger charge is -2.39. The van der Waals surface area contributed by atoms with Crippen molar-refractivity contribution in [3.05, 3.63) is 57.1 Å². The molecule has 3 rings (SSSR count). The molecule has 0 unspecified atom stereocenters. The van der Waals surface area contributed by atoms with Crippen LogP contribution in [0.3, 0.4) is 0 Å². The van der Waals surface area contributed by atoms with E-state index in [0.717, 1.165) is 5.69 Å². The van der Waals surface area contributed by atoms with E-state index in [9.17, 15) is 19.7 Å². The number of nitro benzene ring substituents is 1. The molecule has 1 aliphatic heterocycles. The molecule has 34 heavy (non-hydrogen) atoms. The first-order valence-corrected chi connectivity index (χ1v) is 11.5. The fraction of sp³-hybridized carbons (Fsp3) is 0.417. The maximum atomic E-state index is 12.7. The first kappa shape index (κ1) is 25.3. The van der Waals surface area contributed by atoms with Crippen LogP contribution < -0.4 is 15.0 Å². The second kappa shape index (κ2) is 10.3. The number of ether oxygens (including phenoxy) is 1. The van der Waals surface area contributed by atoms with E-state index < -0.39 is 16.2 Å². The Hall–Kier alpha value is -3.33. The zero-order valence-electron chi connectivity index (χ0n) is 19.8. The Morgan fingerprint density at radius 1 is 1.12 bits per heavy atom. The Kier molecular flexibility index (Phi) is 7.66. The van der Waals surface area contributed by atoms with Gasteiger partial charge in [-0.3, -0.25) is 19.7 Å². The zero-order chi connectivity index (χ0) is 25.0. The number of benzene rings is 2. The maximum absolute atomic E-state index is 12.7. The molecule has 0 saturated carbocycles. The van der Waals surface area contributed by atoms with Crippen LogP contribution >= 0.6 is 11.6 Å². The molecule has 0 aliphatic carbocycles. The number of carbonyl (C=O) groups is 2. The predicted molar refractivity (Wildman–Crippen MR) is 132 cm³/mol. The molecule has 182 valence electrons. The van der Waals surface area contributed by atoms with Crippen molar-refractivity contribution in [2.24, 2.45) is 5.41 Å². The summed E-state index contributed by atoms with van der Waals surface area (Å²) in [5.74, 6) is -0.254. The number of hydrogen-bond donors (Lipinski definition) is 1. The fourth-order valence-corrected chi connectivity index (χ4v) is 4.05. The topological polar surface area (TPSA) is 105 Å². The van der Waals surface area contributed by atoms with E-state index in [1.54, 1.807) is 19.1 Å². The number of amides is 2. The third-order valence-electron chi connectivity index (χ3n) is 5.47. The number of anilines is 2. The summed E-state index contributed by atoms with van der Waals surface area (Å²) in [4.78, 5) is 39.9. The average Bonchev–Trinajstić information content (AvgIpc) is 2.78. The lowest BCUT2D eigenvalue weighted by atomic mass is 9.94. The van der Waals surface area contributed by atoms with Crippen LogP contribution in [0.4, 0.5) is 17.1 Å². The molecule has 2 amide bonds. The Morgan fingerprint density at radius 2 is 1.79 bits per heavy atom. The number of halogens is 1. The van der Waals surface area contributed by atoms with E-state index in [2.05, 4.69) is 10.2 Å². The van der Waals surface area contributed by atoms with Crippen LogP contribution in [-0.4, -0.2) is 54.4 Å². The number of hydrogen-bond acceptors (Lipinski definition) is 6. The highest BCUT2D eigenvalue weighted by Crippen LogP contribution is 2.31. The van der Waals surface area contributed by atoms with Gasteiger partial charge in [0.25, 0.3) is 5.91 Å². The van der Waals surface area contributed by atoms with E-state index in [1.807, 2.05) is 31.7 Å². The van der Waals surface area contributed by atoms with Crippen LogP contribution in [0.15, 0.2) is 36.4 Å². The number of carbonyl (C=O) groups excluding carboxylic acids is 2. The minimum Gasteiger partial charge on any atom is -0.487 e. The molecule has 2 aromatic rings. The van der Waals surface area contributed by atoms with E-state index in [1.165, 1.54) is 18.2 Å². The molecule has 2 aromatic carbocycles. The van der Waals surface area contributed by atoms with Crippen LogP contribution in [0, 0.1) is 15.5 Å². The smallest absolute Gasteiger partial charge is 0.311 e. The van der Waals surface area contributed by atoms with Crippen LogP contribution in [0.2, 0.25) is 5.02 Å². The number of rotatable bonds is 6. The summed E-state index contributed by atoms with van der Waals surface area (Å²) in [6.45, 7) is 10.3. The van der Waals surface area contributed by atoms with Gasteiger partial charge in [0, 0.05) is 48.9 Å². The van der Waals surface area contributed by atoms with Crippen LogP contribution in [0.1, 0.15) is 38.1 Å². The highest BCUT2D eigenvalue weighted by molar-refractivity contribution is 6.33. The van der Waals surface area contributed by atoms with Gasteiger partial charge in [-0.05, 0) is 37.3 Å². The van der Waals surface area contributed by atoms with Crippen LogP contribution in [0.25, 0.3) is 0 Å². The van der Waals surface area contributed by atoms with Gasteiger partial charge in [0.2, 0.25) is 5.91 Å². The van der Waals surface area contributed by atoms with Gasteiger partial charge in [0.15, 0.2) is 5.75 Å². The van der Waals surface area contributed by atoms with Crippen LogP contribution in [0.5, 0.6) is 5.75 Å². The van der Waals surface area contributed by atoms with Gasteiger partial charge in [-0.1, -0.05) is 32.4 Å². The second-order valence-electron chi connectivity index (χ2n) is 9.02. The molecule has 0 atom stereocenters. The molecule has 0 radical (unpaired) electrons. The first-order valence-electron chi connectivity index (χ1n) is 11.1. The molecule has 1 heterocycles. The molecule has 1 aliphatic rings. The van der Waals surface area contributed by atoms with Gasteiger partial charge in [-0.15, -0.1) is 0 Å². The second-order valence-corrected chi connectivity index (χ2v) is 9.43. The predicted octanol–water partition coefficient (Wildman–Crippen LogP) is 4.59. The van der Waals surface area contributed by atoms with Crippen molar-refractivity contribution < 1.29 is 19.2 Å². The van der Waals surface area contributed by atoms with Gasteiger partial charge >= 0.3 is 5.69 Å². The summed E-state index contributed by atoms with van der Waals surface area (Å²) < 4.78 is 5.26. The molecule has 1 N–H and O–H groups in total. The quantitative estimate of drug-likeness (QED) is 0.471. The maximum Gasteiger partial charge on any atom is 0.311 e. The largest absolute Gasteiger partial charge is 0.487 e. The van der Waals surface area contributed by atoms with E-state index >= 15 is 0 Å².